The predicted octanol–water partition coefficient (Wildman–Crippen LogP) is 2.52. The number of alkyl halides is 1. The average Bonchev–Trinajstić information content (AvgIpc) is 2.42. The lowest BCUT2D eigenvalue weighted by Gasteiger charge is -2.23. The van der Waals surface area contributed by atoms with Crippen molar-refractivity contribution in [3.05, 3.63) is 29.8 Å². The van der Waals surface area contributed by atoms with Gasteiger partial charge in [-0.05, 0) is 19.9 Å². The Bertz CT molecular complexity index is 409. The molecule has 0 bridgehead atoms. The zero-order valence-corrected chi connectivity index (χ0v) is 12.2. The smallest absolute Gasteiger partial charge is 0.235 e. The minimum absolute atomic E-state index is 0.0443. The molecule has 0 radical (unpaired) electrons. The predicted molar refractivity (Wildman–Crippen MR) is 75.7 cm³/mol. The Morgan fingerprint density at radius 1 is 1.37 bits per heavy atom. The number of hydrogen-bond donors (Lipinski definition) is 1. The van der Waals surface area contributed by atoms with Crippen molar-refractivity contribution in [1.29, 1.82) is 0 Å². The largest absolute Gasteiger partial charge is 0.496 e. The number of ether oxygens (including phenoxy) is 2. The van der Waals surface area contributed by atoms with E-state index in [0.717, 1.165) is 11.3 Å². The summed E-state index contributed by atoms with van der Waals surface area (Å²) in [5, 5.41) is 2.74. The zero-order chi connectivity index (χ0) is 14.3. The molecule has 1 aromatic carbocycles. The first-order valence-corrected chi connectivity index (χ1v) is 6.73. The summed E-state index contributed by atoms with van der Waals surface area (Å²) in [7, 11) is 1.61. The quantitative estimate of drug-likeness (QED) is 0.783. The van der Waals surface area contributed by atoms with Gasteiger partial charge in [-0.3, -0.25) is 4.79 Å². The van der Waals surface area contributed by atoms with E-state index in [2.05, 4.69) is 5.32 Å². The lowest BCUT2D eigenvalue weighted by Crippen LogP contribution is -2.31. The van der Waals surface area contributed by atoms with Gasteiger partial charge in [-0.2, -0.15) is 0 Å². The first kappa shape index (κ1) is 15.8. The number of methoxy groups -OCH3 is 1. The number of hydrogen-bond acceptors (Lipinski definition) is 3. The molecule has 1 N–H and O–H groups in total. The second-order valence-corrected chi connectivity index (χ2v) is 4.62. The first-order chi connectivity index (χ1) is 9.08. The van der Waals surface area contributed by atoms with Crippen LogP contribution in [-0.2, 0) is 9.53 Å². The maximum atomic E-state index is 11.3. The summed E-state index contributed by atoms with van der Waals surface area (Å²) in [6.07, 6.45) is -0.217. The molecule has 0 saturated heterocycles. The van der Waals surface area contributed by atoms with Crippen LogP contribution in [0.25, 0.3) is 0 Å². The fraction of sp³-hybridized carbons (Fsp3) is 0.500. The minimum Gasteiger partial charge on any atom is -0.496 e. The Balaban J connectivity index is 2.85. The third-order valence-electron chi connectivity index (χ3n) is 2.53. The second kappa shape index (κ2) is 8.02. The summed E-state index contributed by atoms with van der Waals surface area (Å²) in [5.41, 5.74) is 0.911. The van der Waals surface area contributed by atoms with Crippen molar-refractivity contribution in [1.82, 2.24) is 5.32 Å². The van der Waals surface area contributed by atoms with E-state index in [4.69, 9.17) is 21.1 Å². The molecule has 0 aromatic heterocycles. The van der Waals surface area contributed by atoms with E-state index in [1.54, 1.807) is 7.11 Å². The van der Waals surface area contributed by atoms with Crippen molar-refractivity contribution >= 4 is 17.5 Å². The Morgan fingerprint density at radius 2 is 2.05 bits per heavy atom. The number of amides is 1. The summed E-state index contributed by atoms with van der Waals surface area (Å²) < 4.78 is 11.2. The molecule has 0 heterocycles. The van der Waals surface area contributed by atoms with Crippen molar-refractivity contribution in [3.63, 3.8) is 0 Å². The van der Waals surface area contributed by atoms with Gasteiger partial charge in [0.25, 0.3) is 0 Å². The molecule has 1 rings (SSSR count). The fourth-order valence-electron chi connectivity index (χ4n) is 1.75. The highest BCUT2D eigenvalue weighted by Gasteiger charge is 2.18. The maximum absolute atomic E-state index is 11.3. The van der Waals surface area contributed by atoms with Gasteiger partial charge in [-0.1, -0.05) is 18.2 Å². The van der Waals surface area contributed by atoms with Gasteiger partial charge in [0.2, 0.25) is 5.91 Å². The number of carbonyl (C=O) groups is 1. The fourth-order valence-corrected chi connectivity index (χ4v) is 1.84. The van der Waals surface area contributed by atoms with Gasteiger partial charge >= 0.3 is 0 Å². The molecule has 4 nitrogen and oxygen atoms in total. The lowest BCUT2D eigenvalue weighted by atomic mass is 10.1. The van der Waals surface area contributed by atoms with Gasteiger partial charge in [-0.15, -0.1) is 11.6 Å². The van der Waals surface area contributed by atoms with Crippen LogP contribution in [0.1, 0.15) is 25.5 Å². The van der Waals surface area contributed by atoms with Gasteiger partial charge < -0.3 is 14.8 Å². The topological polar surface area (TPSA) is 47.6 Å². The average molecular weight is 286 g/mol. The number of rotatable bonds is 7. The van der Waals surface area contributed by atoms with E-state index in [-0.39, 0.29) is 24.0 Å². The number of halogens is 1. The molecule has 0 saturated carbocycles. The van der Waals surface area contributed by atoms with E-state index >= 15 is 0 Å². The molecule has 1 aromatic rings. The van der Waals surface area contributed by atoms with Gasteiger partial charge in [0.15, 0.2) is 0 Å². The van der Waals surface area contributed by atoms with E-state index in [0.29, 0.717) is 6.54 Å². The second-order valence-electron chi connectivity index (χ2n) is 4.35. The van der Waals surface area contributed by atoms with Crippen LogP contribution in [0.5, 0.6) is 5.75 Å². The molecule has 5 heteroatoms. The highest BCUT2D eigenvalue weighted by molar-refractivity contribution is 6.27. The van der Waals surface area contributed by atoms with Crippen LogP contribution in [0.4, 0.5) is 0 Å². The van der Waals surface area contributed by atoms with Crippen molar-refractivity contribution < 1.29 is 14.3 Å². The molecule has 0 fully saturated rings. The zero-order valence-electron chi connectivity index (χ0n) is 11.5. The van der Waals surface area contributed by atoms with Gasteiger partial charge in [0.1, 0.15) is 17.7 Å². The first-order valence-electron chi connectivity index (χ1n) is 6.19. The molecule has 0 spiro atoms. The summed E-state index contributed by atoms with van der Waals surface area (Å²) in [4.78, 5) is 11.3. The van der Waals surface area contributed by atoms with E-state index in [9.17, 15) is 4.79 Å². The van der Waals surface area contributed by atoms with Crippen molar-refractivity contribution in [2.24, 2.45) is 0 Å². The molecule has 1 amide bonds. The molecule has 0 aliphatic carbocycles. The minimum atomic E-state index is -0.261. The van der Waals surface area contributed by atoms with E-state index < -0.39 is 0 Å². The number of para-hydroxylation sites is 1. The Labute approximate surface area is 119 Å². The molecular weight excluding hydrogens is 266 g/mol. The van der Waals surface area contributed by atoms with E-state index in [1.807, 2.05) is 38.1 Å². The van der Waals surface area contributed by atoms with Crippen molar-refractivity contribution in [2.75, 3.05) is 19.5 Å². The summed E-state index contributed by atoms with van der Waals surface area (Å²) in [6.45, 7) is 4.27. The molecule has 106 valence electrons. The van der Waals surface area contributed by atoms with E-state index in [1.165, 1.54) is 0 Å². The number of benzene rings is 1. The summed E-state index contributed by atoms with van der Waals surface area (Å²) in [6, 6.07) is 7.61. The van der Waals surface area contributed by atoms with Gasteiger partial charge in [0, 0.05) is 12.1 Å². The summed E-state index contributed by atoms with van der Waals surface area (Å²) in [5.74, 6) is 0.475. The third-order valence-corrected chi connectivity index (χ3v) is 2.77. The van der Waals surface area contributed by atoms with Gasteiger partial charge in [0.05, 0.1) is 13.2 Å². The molecular formula is C14H20ClNO3. The number of nitrogens with one attached hydrogen (secondary N) is 1. The van der Waals surface area contributed by atoms with Crippen molar-refractivity contribution in [3.8, 4) is 5.75 Å². The van der Waals surface area contributed by atoms with Crippen LogP contribution in [0.15, 0.2) is 24.3 Å². The molecule has 1 unspecified atom stereocenters. The highest BCUT2D eigenvalue weighted by Crippen LogP contribution is 2.27. The maximum Gasteiger partial charge on any atom is 0.235 e. The third kappa shape index (κ3) is 5.09. The van der Waals surface area contributed by atoms with Crippen LogP contribution in [0.2, 0.25) is 0 Å². The SMILES string of the molecule is COc1ccccc1C(CNC(=O)CCl)OC(C)C. The molecule has 0 aliphatic heterocycles. The molecule has 0 aliphatic rings. The highest BCUT2D eigenvalue weighted by atomic mass is 35.5. The lowest BCUT2D eigenvalue weighted by molar-refractivity contribution is -0.119. The summed E-state index contributed by atoms with van der Waals surface area (Å²) >= 11 is 5.47. The van der Waals surface area contributed by atoms with Crippen LogP contribution in [0.3, 0.4) is 0 Å². The molecule has 1 atom stereocenters. The Morgan fingerprint density at radius 3 is 2.63 bits per heavy atom. The van der Waals surface area contributed by atoms with Crippen LogP contribution < -0.4 is 10.1 Å². The standard InChI is InChI=1S/C14H20ClNO3/c1-10(2)19-13(9-16-14(17)8-15)11-6-4-5-7-12(11)18-3/h4-7,10,13H,8-9H2,1-3H3,(H,16,17). The van der Waals surface area contributed by atoms with Crippen LogP contribution in [0, 0.1) is 0 Å². The van der Waals surface area contributed by atoms with Crippen LogP contribution >= 0.6 is 11.6 Å². The van der Waals surface area contributed by atoms with Crippen molar-refractivity contribution in [2.45, 2.75) is 26.1 Å². The Hall–Kier alpha value is -1.26. The van der Waals surface area contributed by atoms with Gasteiger partial charge in [-0.25, -0.2) is 0 Å². The molecule has 19 heavy (non-hydrogen) atoms. The number of carbonyl (C=O) groups excluding carboxylic acids is 1. The normalized spacial score (nSPS) is 12.3. The Kier molecular flexibility index (Phi) is 6.67. The monoisotopic (exact) mass is 285 g/mol. The van der Waals surface area contributed by atoms with Crippen LogP contribution in [-0.4, -0.2) is 31.5 Å².